The molecule has 0 spiro atoms. The van der Waals surface area contributed by atoms with E-state index in [-0.39, 0.29) is 31.1 Å². The summed E-state index contributed by atoms with van der Waals surface area (Å²) in [5, 5.41) is 0. The topological polar surface area (TPSA) is 78.9 Å². The van der Waals surface area contributed by atoms with E-state index in [1.165, 1.54) is 77.0 Å². The van der Waals surface area contributed by atoms with Crippen LogP contribution in [0.3, 0.4) is 0 Å². The number of esters is 3. The SMILES string of the molecule is CC/C=C\C/C=C\C/C=C\C/C=C\C/C=C\C/C=C\C/C=C\CCCCCC(=O)OCC(COC(=O)CCCCCCCCCCCCC)OC(=O)CCCCCCC/C=C\CCCC. The van der Waals surface area contributed by atoms with E-state index in [4.69, 9.17) is 14.2 Å². The van der Waals surface area contributed by atoms with E-state index < -0.39 is 6.10 Å². The number of carbonyl (C=O) groups is 3. The summed E-state index contributed by atoms with van der Waals surface area (Å²) in [6, 6.07) is 0. The van der Waals surface area contributed by atoms with E-state index in [0.717, 1.165) is 122 Å². The van der Waals surface area contributed by atoms with E-state index in [9.17, 15) is 14.4 Å². The first-order valence-electron chi connectivity index (χ1n) is 26.7. The number of carbonyl (C=O) groups excluding carboxylic acids is 3. The van der Waals surface area contributed by atoms with E-state index in [2.05, 4.69) is 118 Å². The summed E-state index contributed by atoms with van der Waals surface area (Å²) in [5.41, 5.74) is 0. The number of ether oxygens (including phenoxy) is 3. The molecule has 0 N–H and O–H groups in total. The second-order valence-electron chi connectivity index (χ2n) is 17.4. The van der Waals surface area contributed by atoms with Gasteiger partial charge >= 0.3 is 17.9 Å². The normalized spacial score (nSPS) is 12.8. The molecule has 0 aliphatic carbocycles. The first kappa shape index (κ1) is 61.3. The molecule has 6 heteroatoms. The first-order chi connectivity index (χ1) is 32.0. The number of allylic oxidation sites excluding steroid dienone is 16. The minimum atomic E-state index is -0.793. The lowest BCUT2D eigenvalue weighted by atomic mass is 10.1. The Bertz CT molecular complexity index is 1310. The van der Waals surface area contributed by atoms with Crippen molar-refractivity contribution in [3.05, 3.63) is 97.2 Å². The predicted molar refractivity (Wildman–Crippen MR) is 279 cm³/mol. The van der Waals surface area contributed by atoms with Gasteiger partial charge in [0.2, 0.25) is 0 Å². The average molecular weight is 903 g/mol. The minimum absolute atomic E-state index is 0.0907. The summed E-state index contributed by atoms with van der Waals surface area (Å²) in [4.78, 5) is 37.9. The Morgan fingerprint density at radius 2 is 0.615 bits per heavy atom. The number of hydrogen-bond acceptors (Lipinski definition) is 6. The quantitative estimate of drug-likeness (QED) is 0.0262. The number of hydrogen-bond donors (Lipinski definition) is 0. The molecule has 0 saturated heterocycles. The molecule has 0 fully saturated rings. The van der Waals surface area contributed by atoms with Gasteiger partial charge in [0, 0.05) is 19.3 Å². The third kappa shape index (κ3) is 51.2. The average Bonchev–Trinajstić information content (AvgIpc) is 3.30. The molecule has 370 valence electrons. The van der Waals surface area contributed by atoms with Gasteiger partial charge in [-0.2, -0.15) is 0 Å². The van der Waals surface area contributed by atoms with E-state index in [0.29, 0.717) is 19.3 Å². The molecule has 0 rings (SSSR count). The Hall–Kier alpha value is -3.67. The highest BCUT2D eigenvalue weighted by Crippen LogP contribution is 2.14. The Labute approximate surface area is 400 Å². The lowest BCUT2D eigenvalue weighted by molar-refractivity contribution is -0.167. The van der Waals surface area contributed by atoms with Crippen LogP contribution in [-0.2, 0) is 28.6 Å². The van der Waals surface area contributed by atoms with Crippen molar-refractivity contribution >= 4 is 17.9 Å². The summed E-state index contributed by atoms with van der Waals surface area (Å²) in [6.07, 6.45) is 69.7. The van der Waals surface area contributed by atoms with Gasteiger partial charge in [-0.3, -0.25) is 14.4 Å². The fraction of sp³-hybridized carbons (Fsp3) is 0.678. The van der Waals surface area contributed by atoms with Crippen molar-refractivity contribution in [1.82, 2.24) is 0 Å². The third-order valence-corrected chi connectivity index (χ3v) is 11.1. The van der Waals surface area contributed by atoms with E-state index in [1.54, 1.807) is 0 Å². The van der Waals surface area contributed by atoms with E-state index >= 15 is 0 Å². The molecule has 1 unspecified atom stereocenters. The summed E-state index contributed by atoms with van der Waals surface area (Å²) in [6.45, 7) is 6.43. The van der Waals surface area contributed by atoms with Crippen molar-refractivity contribution in [3.8, 4) is 0 Å². The molecule has 0 aliphatic rings. The van der Waals surface area contributed by atoms with Crippen LogP contribution in [0.4, 0.5) is 0 Å². The van der Waals surface area contributed by atoms with Gasteiger partial charge in [-0.1, -0.05) is 221 Å². The van der Waals surface area contributed by atoms with Crippen LogP contribution in [0.15, 0.2) is 97.2 Å². The van der Waals surface area contributed by atoms with Crippen molar-refractivity contribution < 1.29 is 28.6 Å². The zero-order valence-electron chi connectivity index (χ0n) is 42.2. The van der Waals surface area contributed by atoms with Crippen molar-refractivity contribution in [1.29, 1.82) is 0 Å². The largest absolute Gasteiger partial charge is 0.462 e. The van der Waals surface area contributed by atoms with Gasteiger partial charge in [-0.25, -0.2) is 0 Å². The van der Waals surface area contributed by atoms with E-state index in [1.807, 2.05) is 0 Å². The Kier molecular flexibility index (Phi) is 50.0. The Morgan fingerprint density at radius 1 is 0.323 bits per heavy atom. The van der Waals surface area contributed by atoms with Gasteiger partial charge in [0.15, 0.2) is 6.10 Å². The summed E-state index contributed by atoms with van der Waals surface area (Å²) in [7, 11) is 0. The van der Waals surface area contributed by atoms with Gasteiger partial charge in [0.05, 0.1) is 0 Å². The van der Waals surface area contributed by atoms with Crippen LogP contribution in [0.2, 0.25) is 0 Å². The molecule has 0 bridgehead atoms. The summed E-state index contributed by atoms with van der Waals surface area (Å²) < 4.78 is 16.7. The van der Waals surface area contributed by atoms with Crippen molar-refractivity contribution in [2.24, 2.45) is 0 Å². The van der Waals surface area contributed by atoms with Gasteiger partial charge in [-0.15, -0.1) is 0 Å². The fourth-order valence-electron chi connectivity index (χ4n) is 7.05. The highest BCUT2D eigenvalue weighted by Gasteiger charge is 2.19. The van der Waals surface area contributed by atoms with Gasteiger partial charge in [0.1, 0.15) is 13.2 Å². The minimum Gasteiger partial charge on any atom is -0.462 e. The maximum atomic E-state index is 12.8. The second kappa shape index (κ2) is 52.9. The molecule has 0 heterocycles. The lowest BCUT2D eigenvalue weighted by Gasteiger charge is -2.18. The van der Waals surface area contributed by atoms with Gasteiger partial charge in [-0.05, 0) is 96.3 Å². The zero-order valence-corrected chi connectivity index (χ0v) is 42.2. The molecule has 0 amide bonds. The molecular weight excluding hydrogens is 805 g/mol. The number of unbranched alkanes of at least 4 members (excludes halogenated alkanes) is 20. The van der Waals surface area contributed by atoms with Crippen molar-refractivity contribution in [2.75, 3.05) is 13.2 Å². The summed E-state index contributed by atoms with van der Waals surface area (Å²) in [5.74, 6) is -0.938. The highest BCUT2D eigenvalue weighted by molar-refractivity contribution is 5.71. The molecule has 65 heavy (non-hydrogen) atoms. The van der Waals surface area contributed by atoms with Gasteiger partial charge in [0.25, 0.3) is 0 Å². The van der Waals surface area contributed by atoms with Gasteiger partial charge < -0.3 is 14.2 Å². The van der Waals surface area contributed by atoms with Crippen LogP contribution >= 0.6 is 0 Å². The van der Waals surface area contributed by atoms with Crippen molar-refractivity contribution in [2.45, 2.75) is 245 Å². The molecule has 0 aromatic carbocycles. The monoisotopic (exact) mass is 903 g/mol. The number of rotatable bonds is 47. The fourth-order valence-corrected chi connectivity index (χ4v) is 7.05. The Morgan fingerprint density at radius 3 is 1.02 bits per heavy atom. The van der Waals surface area contributed by atoms with Crippen molar-refractivity contribution in [3.63, 3.8) is 0 Å². The molecular formula is C59H98O6. The van der Waals surface area contributed by atoms with Crippen LogP contribution in [0.5, 0.6) is 0 Å². The molecule has 0 aliphatic heterocycles. The maximum absolute atomic E-state index is 12.8. The van der Waals surface area contributed by atoms with Crippen LogP contribution in [0.1, 0.15) is 239 Å². The molecule has 6 nitrogen and oxygen atoms in total. The third-order valence-electron chi connectivity index (χ3n) is 11.1. The van der Waals surface area contributed by atoms with Crippen LogP contribution < -0.4 is 0 Å². The lowest BCUT2D eigenvalue weighted by Crippen LogP contribution is -2.30. The molecule has 1 atom stereocenters. The molecule has 0 aromatic heterocycles. The predicted octanol–water partition coefficient (Wildman–Crippen LogP) is 17.8. The summed E-state index contributed by atoms with van der Waals surface area (Å²) >= 11 is 0. The van der Waals surface area contributed by atoms with Crippen LogP contribution in [0.25, 0.3) is 0 Å². The molecule has 0 saturated carbocycles. The zero-order chi connectivity index (χ0) is 47.2. The van der Waals surface area contributed by atoms with Crippen LogP contribution in [0, 0.1) is 0 Å². The smallest absolute Gasteiger partial charge is 0.306 e. The molecule has 0 radical (unpaired) electrons. The maximum Gasteiger partial charge on any atom is 0.306 e. The molecule has 0 aromatic rings. The highest BCUT2D eigenvalue weighted by atomic mass is 16.6. The first-order valence-corrected chi connectivity index (χ1v) is 26.7. The van der Waals surface area contributed by atoms with Crippen LogP contribution in [-0.4, -0.2) is 37.2 Å². The standard InChI is InChI=1S/C59H98O6/c1-4-7-10-13-16-19-22-23-24-25-26-27-28-29-30-31-32-33-34-35-38-40-43-46-49-52-58(61)64-55-56(65-59(62)53-50-47-44-41-37-21-18-15-12-9-6-3)54-63-57(60)51-48-45-42-39-36-20-17-14-11-8-5-2/h7,10,15-16,18-19,23-24,26-27,29-30,32-33,35,38,56H,4-6,8-9,11-14,17,20-22,25,28,31,34,36-37,39-55H2,1-3H3/b10-7-,18-15-,19-16-,24-23-,27-26-,30-29-,33-32-,38-35-. The Balaban J connectivity index is 4.35. The second-order valence-corrected chi connectivity index (χ2v) is 17.4.